The summed E-state index contributed by atoms with van der Waals surface area (Å²) in [6.45, 7) is 1.94. The van der Waals surface area contributed by atoms with E-state index in [4.69, 9.17) is 4.74 Å². The largest absolute Gasteiger partial charge is 0.491 e. The van der Waals surface area contributed by atoms with Gasteiger partial charge in [0.25, 0.3) is 0 Å². The normalized spacial score (nSPS) is 15.5. The number of ether oxygens (including phenoxy) is 1. The van der Waals surface area contributed by atoms with Crippen LogP contribution in [0.3, 0.4) is 0 Å². The summed E-state index contributed by atoms with van der Waals surface area (Å²) in [5.74, 6) is 0.879. The average molecular weight is 448 g/mol. The van der Waals surface area contributed by atoms with E-state index in [1.54, 1.807) is 0 Å². The van der Waals surface area contributed by atoms with E-state index >= 15 is 0 Å². The van der Waals surface area contributed by atoms with Gasteiger partial charge in [-0.3, -0.25) is 4.79 Å². The van der Waals surface area contributed by atoms with Crippen molar-refractivity contribution < 1.29 is 19.7 Å². The summed E-state index contributed by atoms with van der Waals surface area (Å²) in [5, 5.41) is 23.0. The summed E-state index contributed by atoms with van der Waals surface area (Å²) < 4.78 is 5.82. The first-order valence-electron chi connectivity index (χ1n) is 11.9. The Hall–Kier alpha value is -2.89. The van der Waals surface area contributed by atoms with Crippen molar-refractivity contribution in [2.45, 2.75) is 50.7 Å². The van der Waals surface area contributed by atoms with Crippen LogP contribution in [0, 0.1) is 0 Å². The summed E-state index contributed by atoms with van der Waals surface area (Å²) in [6, 6.07) is 21.8. The Morgan fingerprint density at radius 2 is 1.70 bits per heavy atom. The number of aliphatic hydroxyl groups excluding tert-OH is 2. The summed E-state index contributed by atoms with van der Waals surface area (Å²) in [4.78, 5) is 14.0. The first-order valence-corrected chi connectivity index (χ1v) is 11.9. The minimum Gasteiger partial charge on any atom is -0.491 e. The van der Waals surface area contributed by atoms with Crippen LogP contribution in [-0.2, 0) is 11.2 Å². The molecule has 2 atom stereocenters. The number of carbonyl (C=O) groups is 1. The van der Waals surface area contributed by atoms with Gasteiger partial charge < -0.3 is 19.8 Å². The second-order valence-electron chi connectivity index (χ2n) is 8.92. The number of rotatable bonds is 10. The molecule has 174 valence electrons. The summed E-state index contributed by atoms with van der Waals surface area (Å²) in [5.41, 5.74) is 1.96. The SMILES string of the molecule is O=C(CCCC(O)COc1ccc2ccc(C(O)Cc3ccccc3)cc2c1)N1CCCC1. The van der Waals surface area contributed by atoms with Crippen molar-refractivity contribution in [1.29, 1.82) is 0 Å². The lowest BCUT2D eigenvalue weighted by molar-refractivity contribution is -0.130. The number of nitrogens with zero attached hydrogens (tertiary/aromatic N) is 1. The van der Waals surface area contributed by atoms with Crippen LogP contribution in [0.4, 0.5) is 0 Å². The molecular weight excluding hydrogens is 414 g/mol. The van der Waals surface area contributed by atoms with Crippen molar-refractivity contribution in [1.82, 2.24) is 4.90 Å². The molecule has 2 N–H and O–H groups in total. The van der Waals surface area contributed by atoms with E-state index in [9.17, 15) is 15.0 Å². The molecule has 5 nitrogen and oxygen atoms in total. The second kappa shape index (κ2) is 11.3. The molecule has 1 heterocycles. The molecule has 3 aromatic rings. The van der Waals surface area contributed by atoms with Crippen LogP contribution in [0.2, 0.25) is 0 Å². The van der Waals surface area contributed by atoms with Gasteiger partial charge in [-0.25, -0.2) is 0 Å². The molecule has 33 heavy (non-hydrogen) atoms. The topological polar surface area (TPSA) is 70.0 Å². The summed E-state index contributed by atoms with van der Waals surface area (Å²) >= 11 is 0. The number of carbonyl (C=O) groups excluding carboxylic acids is 1. The van der Waals surface area contributed by atoms with Crippen molar-refractivity contribution in [3.63, 3.8) is 0 Å². The van der Waals surface area contributed by atoms with Gasteiger partial charge in [-0.15, -0.1) is 0 Å². The Morgan fingerprint density at radius 3 is 2.48 bits per heavy atom. The monoisotopic (exact) mass is 447 g/mol. The maximum atomic E-state index is 12.1. The Morgan fingerprint density at radius 1 is 0.939 bits per heavy atom. The van der Waals surface area contributed by atoms with E-state index in [2.05, 4.69) is 0 Å². The highest BCUT2D eigenvalue weighted by molar-refractivity contribution is 5.84. The van der Waals surface area contributed by atoms with Gasteiger partial charge in [0.2, 0.25) is 5.91 Å². The smallest absolute Gasteiger partial charge is 0.222 e. The summed E-state index contributed by atoms with van der Waals surface area (Å²) in [6.07, 6.45) is 3.28. The zero-order valence-corrected chi connectivity index (χ0v) is 19.0. The van der Waals surface area contributed by atoms with E-state index in [0.29, 0.717) is 31.4 Å². The minimum atomic E-state index is -0.605. The van der Waals surface area contributed by atoms with Gasteiger partial charge in [0.15, 0.2) is 0 Å². The summed E-state index contributed by atoms with van der Waals surface area (Å²) in [7, 11) is 0. The zero-order valence-electron chi connectivity index (χ0n) is 19.0. The van der Waals surface area contributed by atoms with Gasteiger partial charge >= 0.3 is 0 Å². The van der Waals surface area contributed by atoms with E-state index < -0.39 is 12.2 Å². The van der Waals surface area contributed by atoms with Gasteiger partial charge in [0, 0.05) is 25.9 Å². The van der Waals surface area contributed by atoms with Crippen molar-refractivity contribution in [2.75, 3.05) is 19.7 Å². The molecule has 0 aliphatic carbocycles. The third-order valence-electron chi connectivity index (χ3n) is 6.32. The molecule has 1 amide bonds. The lowest BCUT2D eigenvalue weighted by Crippen LogP contribution is -2.27. The van der Waals surface area contributed by atoms with Crippen LogP contribution in [0.25, 0.3) is 10.8 Å². The molecule has 0 spiro atoms. The Kier molecular flexibility index (Phi) is 7.97. The molecule has 3 aromatic carbocycles. The first kappa shape index (κ1) is 23.3. The van der Waals surface area contributed by atoms with Crippen LogP contribution < -0.4 is 4.74 Å². The highest BCUT2D eigenvalue weighted by Gasteiger charge is 2.18. The van der Waals surface area contributed by atoms with Gasteiger partial charge in [-0.05, 0) is 65.8 Å². The van der Waals surface area contributed by atoms with Crippen LogP contribution in [0.15, 0.2) is 66.7 Å². The highest BCUT2D eigenvalue weighted by atomic mass is 16.5. The first-order chi connectivity index (χ1) is 16.1. The predicted octanol–water partition coefficient (Wildman–Crippen LogP) is 4.65. The molecule has 0 saturated carbocycles. The molecular formula is C28H33NO4. The maximum absolute atomic E-state index is 12.1. The second-order valence-corrected chi connectivity index (χ2v) is 8.92. The van der Waals surface area contributed by atoms with Gasteiger partial charge in [0.05, 0.1) is 12.2 Å². The molecule has 5 heteroatoms. The molecule has 1 aliphatic heterocycles. The van der Waals surface area contributed by atoms with E-state index in [0.717, 1.165) is 47.8 Å². The molecule has 4 rings (SSSR count). The van der Waals surface area contributed by atoms with E-state index in [1.807, 2.05) is 71.6 Å². The maximum Gasteiger partial charge on any atom is 0.222 e. The van der Waals surface area contributed by atoms with Crippen LogP contribution >= 0.6 is 0 Å². The van der Waals surface area contributed by atoms with Crippen LogP contribution in [-0.4, -0.2) is 46.8 Å². The molecule has 0 radical (unpaired) electrons. The number of likely N-dealkylation sites (tertiary alicyclic amines) is 1. The Bertz CT molecular complexity index is 1050. The lowest BCUT2D eigenvalue weighted by Gasteiger charge is -2.16. The molecule has 0 bridgehead atoms. The number of fused-ring (bicyclic) bond motifs is 1. The molecule has 1 fully saturated rings. The fraction of sp³-hybridized carbons (Fsp3) is 0.393. The van der Waals surface area contributed by atoms with Crippen LogP contribution in [0.1, 0.15) is 49.3 Å². The minimum absolute atomic E-state index is 0.194. The van der Waals surface area contributed by atoms with Crippen molar-refractivity contribution in [3.8, 4) is 5.75 Å². The number of hydrogen-bond acceptors (Lipinski definition) is 4. The van der Waals surface area contributed by atoms with Crippen LogP contribution in [0.5, 0.6) is 5.75 Å². The molecule has 1 aliphatic rings. The number of hydrogen-bond donors (Lipinski definition) is 2. The molecule has 0 aromatic heterocycles. The van der Waals surface area contributed by atoms with Gasteiger partial charge in [-0.1, -0.05) is 48.5 Å². The number of amides is 1. The van der Waals surface area contributed by atoms with Gasteiger partial charge in [0.1, 0.15) is 12.4 Å². The van der Waals surface area contributed by atoms with Gasteiger partial charge in [-0.2, -0.15) is 0 Å². The van der Waals surface area contributed by atoms with Crippen molar-refractivity contribution in [3.05, 3.63) is 77.9 Å². The fourth-order valence-electron chi connectivity index (χ4n) is 4.38. The van der Waals surface area contributed by atoms with Crippen molar-refractivity contribution >= 4 is 16.7 Å². The third-order valence-corrected chi connectivity index (χ3v) is 6.32. The standard InChI is InChI=1S/C28H33NO4/c30-25(9-6-10-28(32)29-15-4-5-16-29)20-33-26-14-13-22-11-12-23(18-24(22)19-26)27(31)17-21-7-2-1-3-8-21/h1-3,7-8,11-14,18-19,25,27,30-31H,4-6,9-10,15-17,20H2. The highest BCUT2D eigenvalue weighted by Crippen LogP contribution is 2.26. The Balaban J connectivity index is 1.29. The zero-order chi connectivity index (χ0) is 23.0. The lowest BCUT2D eigenvalue weighted by atomic mass is 9.98. The Labute approximate surface area is 195 Å². The predicted molar refractivity (Wildman–Crippen MR) is 130 cm³/mol. The van der Waals surface area contributed by atoms with Crippen molar-refractivity contribution in [2.24, 2.45) is 0 Å². The van der Waals surface area contributed by atoms with E-state index in [-0.39, 0.29) is 12.5 Å². The average Bonchev–Trinajstić information content (AvgIpc) is 3.38. The molecule has 2 unspecified atom stereocenters. The number of aliphatic hydroxyl groups is 2. The number of benzene rings is 3. The third kappa shape index (κ3) is 6.56. The quantitative estimate of drug-likeness (QED) is 0.475. The fourth-order valence-corrected chi connectivity index (χ4v) is 4.38. The molecule has 1 saturated heterocycles. The van der Waals surface area contributed by atoms with E-state index in [1.165, 1.54) is 0 Å².